The van der Waals surface area contributed by atoms with Gasteiger partial charge < -0.3 is 25.6 Å². The summed E-state index contributed by atoms with van der Waals surface area (Å²) in [6.45, 7) is 4.46. The fraction of sp³-hybridized carbons (Fsp3) is 0.400. The minimum absolute atomic E-state index is 0.0607. The van der Waals surface area contributed by atoms with E-state index in [0.717, 1.165) is 16.8 Å². The highest BCUT2D eigenvalue weighted by atomic mass is 16.5. The molecule has 0 unspecified atom stereocenters. The summed E-state index contributed by atoms with van der Waals surface area (Å²) in [6.07, 6.45) is 1.62. The largest absolute Gasteiger partial charge is 0.496 e. The Morgan fingerprint density at radius 1 is 1.09 bits per heavy atom. The predicted molar refractivity (Wildman–Crippen MR) is 127 cm³/mol. The zero-order chi connectivity index (χ0) is 23.8. The number of amides is 4. The van der Waals surface area contributed by atoms with Crippen LogP contribution >= 0.6 is 0 Å². The quantitative estimate of drug-likeness (QED) is 0.601. The highest BCUT2D eigenvalue weighted by Gasteiger charge is 2.27. The first kappa shape index (κ1) is 24.1. The molecule has 3 rings (SSSR count). The van der Waals surface area contributed by atoms with Gasteiger partial charge in [0.05, 0.1) is 7.11 Å². The summed E-state index contributed by atoms with van der Waals surface area (Å²) >= 11 is 0. The summed E-state index contributed by atoms with van der Waals surface area (Å²) in [5.74, 6) is 0.167. The van der Waals surface area contributed by atoms with Crippen molar-refractivity contribution in [2.24, 2.45) is 0 Å². The molecule has 0 aliphatic carbocycles. The van der Waals surface area contributed by atoms with Gasteiger partial charge >= 0.3 is 6.03 Å². The number of nitrogens with one attached hydrogen (secondary N) is 3. The van der Waals surface area contributed by atoms with Gasteiger partial charge in [-0.3, -0.25) is 9.59 Å². The van der Waals surface area contributed by atoms with E-state index in [2.05, 4.69) is 16.0 Å². The first-order chi connectivity index (χ1) is 15.9. The maximum Gasteiger partial charge on any atom is 0.321 e. The standard InChI is InChI=1S/C25H32N4O4/c1-17-7-6-9-21(15-17)28-25(32)29-13-11-20(12-14-29)27-24(31)22(26-18(2)30)16-19-8-4-5-10-23(19)33-3/h4-10,15,20,22H,11-14,16H2,1-3H3,(H,26,30)(H,27,31)(H,28,32)/t22-/m0/s1. The van der Waals surface area contributed by atoms with Gasteiger partial charge in [-0.25, -0.2) is 4.79 Å². The highest BCUT2D eigenvalue weighted by Crippen LogP contribution is 2.20. The molecule has 0 spiro atoms. The van der Waals surface area contributed by atoms with E-state index in [-0.39, 0.29) is 23.9 Å². The topological polar surface area (TPSA) is 99.8 Å². The summed E-state index contributed by atoms with van der Waals surface area (Å²) < 4.78 is 5.38. The molecule has 176 valence electrons. The van der Waals surface area contributed by atoms with Crippen molar-refractivity contribution in [2.75, 3.05) is 25.5 Å². The number of methoxy groups -OCH3 is 1. The Hall–Kier alpha value is -3.55. The van der Waals surface area contributed by atoms with Crippen molar-refractivity contribution >= 4 is 23.5 Å². The molecule has 2 aromatic carbocycles. The third kappa shape index (κ3) is 6.97. The maximum atomic E-state index is 13.0. The molecule has 8 nitrogen and oxygen atoms in total. The first-order valence-corrected chi connectivity index (χ1v) is 11.2. The average Bonchev–Trinajstić information content (AvgIpc) is 2.79. The Bertz CT molecular complexity index is 986. The van der Waals surface area contributed by atoms with Crippen LogP contribution in [0.25, 0.3) is 0 Å². The van der Waals surface area contributed by atoms with Gasteiger partial charge in [0.15, 0.2) is 0 Å². The molecule has 1 atom stereocenters. The number of anilines is 1. The number of ether oxygens (including phenoxy) is 1. The molecule has 0 aromatic heterocycles. The van der Waals surface area contributed by atoms with Gasteiger partial charge in [0.25, 0.3) is 0 Å². The number of carbonyl (C=O) groups excluding carboxylic acids is 3. The van der Waals surface area contributed by atoms with Crippen LogP contribution in [-0.2, 0) is 16.0 Å². The van der Waals surface area contributed by atoms with Gasteiger partial charge in [0, 0.05) is 38.2 Å². The lowest BCUT2D eigenvalue weighted by atomic mass is 10.0. The van der Waals surface area contributed by atoms with Crippen LogP contribution < -0.4 is 20.7 Å². The van der Waals surface area contributed by atoms with Crippen molar-refractivity contribution < 1.29 is 19.1 Å². The number of benzene rings is 2. The molecule has 1 saturated heterocycles. The second kappa shape index (κ2) is 11.4. The highest BCUT2D eigenvalue weighted by molar-refractivity contribution is 5.89. The monoisotopic (exact) mass is 452 g/mol. The van der Waals surface area contributed by atoms with Crippen LogP contribution in [0.15, 0.2) is 48.5 Å². The van der Waals surface area contributed by atoms with Gasteiger partial charge in [-0.05, 0) is 49.1 Å². The third-order valence-corrected chi connectivity index (χ3v) is 5.71. The van der Waals surface area contributed by atoms with Crippen molar-refractivity contribution in [3.05, 3.63) is 59.7 Å². The Morgan fingerprint density at radius 3 is 2.48 bits per heavy atom. The number of nitrogens with zero attached hydrogens (tertiary/aromatic N) is 1. The molecule has 3 N–H and O–H groups in total. The molecule has 8 heteroatoms. The SMILES string of the molecule is COc1ccccc1C[C@H](NC(C)=O)C(=O)NC1CCN(C(=O)Nc2cccc(C)c2)CC1. The van der Waals surface area contributed by atoms with Crippen molar-refractivity contribution in [1.82, 2.24) is 15.5 Å². The average molecular weight is 453 g/mol. The number of piperidine rings is 1. The molecular formula is C25H32N4O4. The first-order valence-electron chi connectivity index (χ1n) is 11.2. The van der Waals surface area contributed by atoms with Crippen LogP contribution in [0.4, 0.5) is 10.5 Å². The van der Waals surface area contributed by atoms with Gasteiger partial charge in [0.1, 0.15) is 11.8 Å². The lowest BCUT2D eigenvalue weighted by Gasteiger charge is -2.33. The normalized spacial score (nSPS) is 14.8. The van der Waals surface area contributed by atoms with E-state index in [1.807, 2.05) is 55.5 Å². The zero-order valence-electron chi connectivity index (χ0n) is 19.4. The second-order valence-corrected chi connectivity index (χ2v) is 8.34. The molecule has 4 amide bonds. The van der Waals surface area contributed by atoms with E-state index >= 15 is 0 Å². The van der Waals surface area contributed by atoms with Crippen molar-refractivity contribution in [2.45, 2.75) is 45.2 Å². The number of aryl methyl sites for hydroxylation is 1. The Kier molecular flexibility index (Phi) is 8.29. The molecule has 1 aliphatic heterocycles. The Balaban J connectivity index is 1.54. The number of hydrogen-bond acceptors (Lipinski definition) is 4. The fourth-order valence-electron chi connectivity index (χ4n) is 4.00. The summed E-state index contributed by atoms with van der Waals surface area (Å²) in [7, 11) is 1.58. The van der Waals surface area contributed by atoms with E-state index < -0.39 is 6.04 Å². The lowest BCUT2D eigenvalue weighted by Crippen LogP contribution is -2.53. The van der Waals surface area contributed by atoms with Crippen molar-refractivity contribution in [1.29, 1.82) is 0 Å². The number of likely N-dealkylation sites (tertiary alicyclic amines) is 1. The Morgan fingerprint density at radius 2 is 1.82 bits per heavy atom. The maximum absolute atomic E-state index is 13.0. The van der Waals surface area contributed by atoms with E-state index in [1.54, 1.807) is 12.0 Å². The minimum Gasteiger partial charge on any atom is -0.496 e. The van der Waals surface area contributed by atoms with Gasteiger partial charge in [0.2, 0.25) is 11.8 Å². The smallest absolute Gasteiger partial charge is 0.321 e. The summed E-state index contributed by atoms with van der Waals surface area (Å²) in [6, 6.07) is 14.2. The van der Waals surface area contributed by atoms with Gasteiger partial charge in [-0.1, -0.05) is 30.3 Å². The number of hydrogen-bond donors (Lipinski definition) is 3. The predicted octanol–water partition coefficient (Wildman–Crippen LogP) is 2.86. The molecule has 0 saturated carbocycles. The Labute approximate surface area is 194 Å². The summed E-state index contributed by atoms with van der Waals surface area (Å²) in [5, 5.41) is 8.72. The fourth-order valence-corrected chi connectivity index (χ4v) is 4.00. The van der Waals surface area contributed by atoms with Crippen LogP contribution in [0.1, 0.15) is 30.9 Å². The molecule has 2 aromatic rings. The molecule has 0 radical (unpaired) electrons. The molecule has 1 aliphatic rings. The van der Waals surface area contributed by atoms with Gasteiger partial charge in [-0.15, -0.1) is 0 Å². The molecule has 1 heterocycles. The van der Waals surface area contributed by atoms with Gasteiger partial charge in [-0.2, -0.15) is 0 Å². The van der Waals surface area contributed by atoms with Crippen LogP contribution in [0.5, 0.6) is 5.75 Å². The number of urea groups is 1. The van der Waals surface area contributed by atoms with Crippen LogP contribution in [0.3, 0.4) is 0 Å². The molecule has 33 heavy (non-hydrogen) atoms. The lowest BCUT2D eigenvalue weighted by molar-refractivity contribution is -0.128. The number of para-hydroxylation sites is 1. The van der Waals surface area contributed by atoms with Crippen molar-refractivity contribution in [3.8, 4) is 5.75 Å². The van der Waals surface area contributed by atoms with Crippen LogP contribution in [0.2, 0.25) is 0 Å². The van der Waals surface area contributed by atoms with Crippen LogP contribution in [0, 0.1) is 6.92 Å². The molecular weight excluding hydrogens is 420 g/mol. The third-order valence-electron chi connectivity index (χ3n) is 5.71. The second-order valence-electron chi connectivity index (χ2n) is 8.34. The zero-order valence-corrected chi connectivity index (χ0v) is 19.4. The van der Waals surface area contributed by atoms with E-state index in [4.69, 9.17) is 4.74 Å². The minimum atomic E-state index is -0.707. The number of rotatable bonds is 7. The molecule has 0 bridgehead atoms. The van der Waals surface area contributed by atoms with Crippen molar-refractivity contribution in [3.63, 3.8) is 0 Å². The van der Waals surface area contributed by atoms with E-state index in [1.165, 1.54) is 6.92 Å². The van der Waals surface area contributed by atoms with E-state index in [9.17, 15) is 14.4 Å². The number of carbonyl (C=O) groups is 3. The van der Waals surface area contributed by atoms with E-state index in [0.29, 0.717) is 38.1 Å². The van der Waals surface area contributed by atoms with Crippen LogP contribution in [-0.4, -0.2) is 55.0 Å². The summed E-state index contributed by atoms with van der Waals surface area (Å²) in [4.78, 5) is 39.0. The molecule has 1 fully saturated rings. The summed E-state index contributed by atoms with van der Waals surface area (Å²) in [5.41, 5.74) is 2.69.